The molecule has 33 heavy (non-hydrogen) atoms. The molecule has 158 valence electrons. The van der Waals surface area contributed by atoms with E-state index in [-0.39, 0.29) is 11.3 Å². The van der Waals surface area contributed by atoms with Crippen molar-refractivity contribution in [2.24, 2.45) is 5.92 Å². The Kier molecular flexibility index (Phi) is 4.69. The Hall–Kier alpha value is -3.97. The SMILES string of the molecule is O=CC1C=CC(c2cccc3c2-c2ccccc2C3(c2ccccc2)c2ccccc2)=CC1. The van der Waals surface area contributed by atoms with E-state index in [1.54, 1.807) is 0 Å². The largest absolute Gasteiger partial charge is 0.303 e. The van der Waals surface area contributed by atoms with Gasteiger partial charge in [0.1, 0.15) is 6.29 Å². The van der Waals surface area contributed by atoms with E-state index in [0.717, 1.165) is 12.7 Å². The van der Waals surface area contributed by atoms with Crippen molar-refractivity contribution in [2.45, 2.75) is 11.8 Å². The van der Waals surface area contributed by atoms with Gasteiger partial charge >= 0.3 is 0 Å². The van der Waals surface area contributed by atoms with Crippen LogP contribution >= 0.6 is 0 Å². The van der Waals surface area contributed by atoms with Crippen LogP contribution in [-0.4, -0.2) is 6.29 Å². The molecule has 0 saturated heterocycles. The zero-order valence-electron chi connectivity index (χ0n) is 18.3. The molecule has 4 aromatic rings. The molecule has 0 radical (unpaired) electrons. The summed E-state index contributed by atoms with van der Waals surface area (Å²) in [5, 5.41) is 0. The van der Waals surface area contributed by atoms with Crippen LogP contribution in [0.1, 0.15) is 34.2 Å². The molecule has 2 aliphatic rings. The van der Waals surface area contributed by atoms with Crippen LogP contribution < -0.4 is 0 Å². The van der Waals surface area contributed by atoms with Crippen LogP contribution in [0.4, 0.5) is 0 Å². The van der Waals surface area contributed by atoms with Gasteiger partial charge in [0.05, 0.1) is 5.41 Å². The van der Waals surface area contributed by atoms with Crippen molar-refractivity contribution in [1.29, 1.82) is 0 Å². The second-order valence-electron chi connectivity index (χ2n) is 8.81. The molecule has 0 spiro atoms. The Labute approximate surface area is 194 Å². The van der Waals surface area contributed by atoms with Gasteiger partial charge in [-0.05, 0) is 50.9 Å². The predicted octanol–water partition coefficient (Wildman–Crippen LogP) is 7.21. The summed E-state index contributed by atoms with van der Waals surface area (Å²) < 4.78 is 0. The Bertz CT molecular complexity index is 1350. The van der Waals surface area contributed by atoms with Gasteiger partial charge in [-0.1, -0.05) is 121 Å². The number of allylic oxidation sites excluding steroid dienone is 4. The lowest BCUT2D eigenvalue weighted by Crippen LogP contribution is -2.28. The molecular formula is C32H24O. The molecule has 0 fully saturated rings. The van der Waals surface area contributed by atoms with Gasteiger partial charge < -0.3 is 4.79 Å². The number of benzene rings is 4. The molecule has 0 amide bonds. The summed E-state index contributed by atoms with van der Waals surface area (Å²) in [5.74, 6) is -0.0227. The molecular weight excluding hydrogens is 400 g/mol. The fraction of sp³-hybridized carbons (Fsp3) is 0.0938. The van der Waals surface area contributed by atoms with Gasteiger partial charge in [-0.2, -0.15) is 0 Å². The van der Waals surface area contributed by atoms with Crippen molar-refractivity contribution in [1.82, 2.24) is 0 Å². The highest BCUT2D eigenvalue weighted by molar-refractivity contribution is 5.95. The Morgan fingerprint density at radius 1 is 0.667 bits per heavy atom. The van der Waals surface area contributed by atoms with Gasteiger partial charge in [0.25, 0.3) is 0 Å². The summed E-state index contributed by atoms with van der Waals surface area (Å²) in [6, 6.07) is 37.2. The van der Waals surface area contributed by atoms with Crippen molar-refractivity contribution < 1.29 is 4.79 Å². The van der Waals surface area contributed by atoms with Crippen LogP contribution in [0, 0.1) is 5.92 Å². The van der Waals surface area contributed by atoms with Crippen LogP contribution in [0.2, 0.25) is 0 Å². The van der Waals surface area contributed by atoms with E-state index >= 15 is 0 Å². The lowest BCUT2D eigenvalue weighted by Gasteiger charge is -2.34. The number of hydrogen-bond donors (Lipinski definition) is 0. The summed E-state index contributed by atoms with van der Waals surface area (Å²) in [6.07, 6.45) is 8.14. The van der Waals surface area contributed by atoms with Gasteiger partial charge in [-0.25, -0.2) is 0 Å². The van der Waals surface area contributed by atoms with Crippen molar-refractivity contribution >= 4 is 11.9 Å². The van der Waals surface area contributed by atoms with E-state index in [2.05, 4.69) is 115 Å². The Morgan fingerprint density at radius 3 is 1.91 bits per heavy atom. The normalized spacial score (nSPS) is 17.7. The summed E-state index contributed by atoms with van der Waals surface area (Å²) in [6.45, 7) is 0. The van der Waals surface area contributed by atoms with Crippen LogP contribution in [0.15, 0.2) is 121 Å². The summed E-state index contributed by atoms with van der Waals surface area (Å²) >= 11 is 0. The van der Waals surface area contributed by atoms with Crippen molar-refractivity contribution in [2.75, 3.05) is 0 Å². The highest BCUT2D eigenvalue weighted by Crippen LogP contribution is 2.57. The predicted molar refractivity (Wildman–Crippen MR) is 135 cm³/mol. The monoisotopic (exact) mass is 424 g/mol. The molecule has 1 atom stereocenters. The third-order valence-electron chi connectivity index (χ3n) is 7.10. The summed E-state index contributed by atoms with van der Waals surface area (Å²) in [5.41, 5.74) is 9.79. The number of fused-ring (bicyclic) bond motifs is 3. The zero-order valence-corrected chi connectivity index (χ0v) is 18.3. The first-order valence-corrected chi connectivity index (χ1v) is 11.5. The minimum atomic E-state index is -0.380. The number of carbonyl (C=O) groups excluding carboxylic acids is 1. The molecule has 6 rings (SSSR count). The fourth-order valence-corrected chi connectivity index (χ4v) is 5.67. The minimum absolute atomic E-state index is 0.0227. The number of aldehydes is 1. The minimum Gasteiger partial charge on any atom is -0.303 e. The molecule has 4 aromatic carbocycles. The van der Waals surface area contributed by atoms with E-state index in [1.807, 2.05) is 6.08 Å². The maximum atomic E-state index is 11.3. The van der Waals surface area contributed by atoms with Gasteiger partial charge in [-0.3, -0.25) is 0 Å². The first-order chi connectivity index (χ1) is 16.3. The lowest BCUT2D eigenvalue weighted by atomic mass is 9.67. The number of hydrogen-bond acceptors (Lipinski definition) is 1. The number of rotatable bonds is 4. The van der Waals surface area contributed by atoms with E-state index in [4.69, 9.17) is 0 Å². The van der Waals surface area contributed by atoms with E-state index in [1.165, 1.54) is 44.5 Å². The molecule has 2 aliphatic carbocycles. The lowest BCUT2D eigenvalue weighted by molar-refractivity contribution is -0.109. The highest BCUT2D eigenvalue weighted by atomic mass is 16.1. The maximum Gasteiger partial charge on any atom is 0.127 e. The average Bonchev–Trinajstić information content (AvgIpc) is 3.21. The molecule has 1 heteroatoms. The highest BCUT2D eigenvalue weighted by Gasteiger charge is 2.46. The van der Waals surface area contributed by atoms with Crippen LogP contribution in [0.3, 0.4) is 0 Å². The smallest absolute Gasteiger partial charge is 0.127 e. The van der Waals surface area contributed by atoms with E-state index in [0.29, 0.717) is 0 Å². The average molecular weight is 425 g/mol. The van der Waals surface area contributed by atoms with Crippen LogP contribution in [-0.2, 0) is 10.2 Å². The van der Waals surface area contributed by atoms with Gasteiger partial charge in [0.2, 0.25) is 0 Å². The quantitative estimate of drug-likeness (QED) is 0.279. The summed E-state index contributed by atoms with van der Waals surface area (Å²) in [7, 11) is 0. The third kappa shape index (κ3) is 2.89. The third-order valence-corrected chi connectivity index (χ3v) is 7.10. The molecule has 1 nitrogen and oxygen atoms in total. The molecule has 0 aliphatic heterocycles. The molecule has 0 heterocycles. The first kappa shape index (κ1) is 19.7. The maximum absolute atomic E-state index is 11.3. The Balaban J connectivity index is 1.70. The molecule has 1 unspecified atom stereocenters. The number of carbonyl (C=O) groups is 1. The Morgan fingerprint density at radius 2 is 1.27 bits per heavy atom. The molecule has 0 saturated carbocycles. The van der Waals surface area contributed by atoms with Gasteiger partial charge in [0.15, 0.2) is 0 Å². The van der Waals surface area contributed by atoms with Crippen molar-refractivity contribution in [3.8, 4) is 11.1 Å². The van der Waals surface area contributed by atoms with E-state index in [9.17, 15) is 4.79 Å². The van der Waals surface area contributed by atoms with Gasteiger partial charge in [-0.15, -0.1) is 0 Å². The van der Waals surface area contributed by atoms with Crippen molar-refractivity contribution in [3.05, 3.63) is 149 Å². The molecule has 0 aromatic heterocycles. The standard InChI is InChI=1S/C32H24O/c33-22-23-18-20-24(21-19-23)27-15-9-17-30-31(27)28-14-7-8-16-29(28)32(30,25-10-3-1-4-11-25)26-12-5-2-6-13-26/h1-18,20-23H,19H2. The first-order valence-electron chi connectivity index (χ1n) is 11.5. The molecule has 0 bridgehead atoms. The molecule has 0 N–H and O–H groups in total. The fourth-order valence-electron chi connectivity index (χ4n) is 5.67. The van der Waals surface area contributed by atoms with E-state index < -0.39 is 0 Å². The topological polar surface area (TPSA) is 17.1 Å². The second kappa shape index (κ2) is 7.86. The zero-order chi connectivity index (χ0) is 22.3. The van der Waals surface area contributed by atoms with Crippen molar-refractivity contribution in [3.63, 3.8) is 0 Å². The second-order valence-corrected chi connectivity index (χ2v) is 8.81. The van der Waals surface area contributed by atoms with Gasteiger partial charge in [0, 0.05) is 5.92 Å². The van der Waals surface area contributed by atoms with Crippen LogP contribution in [0.25, 0.3) is 16.7 Å². The van der Waals surface area contributed by atoms with Crippen LogP contribution in [0.5, 0.6) is 0 Å². The summed E-state index contributed by atoms with van der Waals surface area (Å²) in [4.78, 5) is 11.3.